The average molecular weight is 872 g/mol. The summed E-state index contributed by atoms with van der Waals surface area (Å²) in [6.07, 6.45) is 62.7. The van der Waals surface area contributed by atoms with Crippen LogP contribution in [0.5, 0.6) is 0 Å². The number of carbonyl (C=O) groups excluding carboxylic acids is 2. The zero-order chi connectivity index (χ0) is 45.1. The van der Waals surface area contributed by atoms with Crippen molar-refractivity contribution in [3.8, 4) is 0 Å². The number of carbonyl (C=O) groups is 2. The first kappa shape index (κ1) is 60.1. The molecule has 0 spiro atoms. The Labute approximate surface area is 385 Å². The van der Waals surface area contributed by atoms with Crippen molar-refractivity contribution in [2.24, 2.45) is 0 Å². The van der Waals surface area contributed by atoms with Gasteiger partial charge in [-0.15, -0.1) is 0 Å². The molecule has 2 unspecified atom stereocenters. The first-order valence-electron chi connectivity index (χ1n) is 27.2. The second-order valence-corrected chi connectivity index (χ2v) is 18.6. The van der Waals surface area contributed by atoms with E-state index in [0.29, 0.717) is 25.9 Å². The van der Waals surface area contributed by atoms with Crippen molar-refractivity contribution < 1.29 is 24.5 Å². The number of amides is 1. The van der Waals surface area contributed by atoms with Crippen LogP contribution in [-0.4, -0.2) is 47.4 Å². The Balaban J connectivity index is 3.52. The lowest BCUT2D eigenvalue weighted by molar-refractivity contribution is -0.143. The van der Waals surface area contributed by atoms with Gasteiger partial charge in [-0.05, 0) is 83.5 Å². The van der Waals surface area contributed by atoms with Crippen molar-refractivity contribution in [1.82, 2.24) is 5.32 Å². The summed E-state index contributed by atoms with van der Waals surface area (Å²) in [6, 6.07) is -0.554. The Hall–Kier alpha value is -1.92. The number of esters is 1. The number of ether oxygens (including phenoxy) is 1. The smallest absolute Gasteiger partial charge is 0.305 e. The van der Waals surface area contributed by atoms with Gasteiger partial charge in [0, 0.05) is 12.8 Å². The average Bonchev–Trinajstić information content (AvgIpc) is 3.27. The van der Waals surface area contributed by atoms with Crippen LogP contribution in [0.4, 0.5) is 0 Å². The number of hydrogen-bond donors (Lipinski definition) is 3. The molecule has 2 atom stereocenters. The molecule has 0 aromatic heterocycles. The molecule has 0 aromatic rings. The minimum absolute atomic E-state index is 0.0268. The van der Waals surface area contributed by atoms with E-state index in [2.05, 4.69) is 55.6 Å². The highest BCUT2D eigenvalue weighted by Crippen LogP contribution is 2.16. The van der Waals surface area contributed by atoms with Gasteiger partial charge in [0.25, 0.3) is 0 Å². The second-order valence-electron chi connectivity index (χ2n) is 18.6. The predicted molar refractivity (Wildman–Crippen MR) is 269 cm³/mol. The van der Waals surface area contributed by atoms with E-state index in [1.165, 1.54) is 167 Å². The first-order valence-corrected chi connectivity index (χ1v) is 27.2. The van der Waals surface area contributed by atoms with Crippen LogP contribution >= 0.6 is 0 Å². The highest BCUT2D eigenvalue weighted by Gasteiger charge is 2.20. The lowest BCUT2D eigenvalue weighted by Gasteiger charge is -2.22. The van der Waals surface area contributed by atoms with Crippen molar-refractivity contribution in [2.75, 3.05) is 13.2 Å². The van der Waals surface area contributed by atoms with Gasteiger partial charge < -0.3 is 20.3 Å². The third-order valence-corrected chi connectivity index (χ3v) is 12.4. The van der Waals surface area contributed by atoms with Gasteiger partial charge in [0.1, 0.15) is 0 Å². The van der Waals surface area contributed by atoms with E-state index in [-0.39, 0.29) is 18.5 Å². The molecule has 6 nitrogen and oxygen atoms in total. The Morgan fingerprint density at radius 1 is 0.452 bits per heavy atom. The van der Waals surface area contributed by atoms with E-state index in [9.17, 15) is 19.8 Å². The molecule has 0 bridgehead atoms. The van der Waals surface area contributed by atoms with Crippen LogP contribution in [0.2, 0.25) is 0 Å². The fourth-order valence-corrected chi connectivity index (χ4v) is 8.18. The molecule has 0 aliphatic rings. The van der Waals surface area contributed by atoms with Gasteiger partial charge in [0.2, 0.25) is 5.91 Å². The molecule has 364 valence electrons. The number of aliphatic hydroxyl groups is 2. The first-order chi connectivity index (χ1) is 30.5. The lowest BCUT2D eigenvalue weighted by atomic mass is 10.0. The molecular weight excluding hydrogens is 767 g/mol. The van der Waals surface area contributed by atoms with Gasteiger partial charge in [-0.3, -0.25) is 9.59 Å². The zero-order valence-electron chi connectivity index (χ0n) is 41.4. The van der Waals surface area contributed by atoms with E-state index in [1.54, 1.807) is 0 Å². The minimum Gasteiger partial charge on any atom is -0.466 e. The van der Waals surface area contributed by atoms with Crippen molar-refractivity contribution in [2.45, 2.75) is 296 Å². The summed E-state index contributed by atoms with van der Waals surface area (Å²) in [5, 5.41) is 23.3. The van der Waals surface area contributed by atoms with Gasteiger partial charge in [0.15, 0.2) is 0 Å². The summed E-state index contributed by atoms with van der Waals surface area (Å²) >= 11 is 0. The van der Waals surface area contributed by atoms with Crippen LogP contribution in [0.15, 0.2) is 36.5 Å². The zero-order valence-corrected chi connectivity index (χ0v) is 41.4. The van der Waals surface area contributed by atoms with Crippen LogP contribution in [0, 0.1) is 0 Å². The molecule has 0 heterocycles. The molecule has 0 saturated carbocycles. The van der Waals surface area contributed by atoms with Crippen LogP contribution in [0.3, 0.4) is 0 Å². The molecule has 6 heteroatoms. The molecule has 0 aliphatic carbocycles. The maximum atomic E-state index is 12.5. The highest BCUT2D eigenvalue weighted by molar-refractivity contribution is 5.76. The fraction of sp³-hybridized carbons (Fsp3) is 0.857. The normalized spacial score (nSPS) is 12.9. The number of unbranched alkanes of at least 4 members (excludes halogenated alkanes) is 33. The Bertz CT molecular complexity index is 1010. The Morgan fingerprint density at radius 2 is 0.823 bits per heavy atom. The molecule has 3 N–H and O–H groups in total. The summed E-state index contributed by atoms with van der Waals surface area (Å²) in [5.74, 6) is -0.0774. The summed E-state index contributed by atoms with van der Waals surface area (Å²) in [7, 11) is 0. The van der Waals surface area contributed by atoms with Gasteiger partial charge in [0.05, 0.1) is 25.4 Å². The van der Waals surface area contributed by atoms with Crippen molar-refractivity contribution in [3.05, 3.63) is 36.5 Å². The van der Waals surface area contributed by atoms with Crippen LogP contribution in [-0.2, 0) is 14.3 Å². The molecule has 0 radical (unpaired) electrons. The number of nitrogens with one attached hydrogen (secondary N) is 1. The topological polar surface area (TPSA) is 95.9 Å². The van der Waals surface area contributed by atoms with E-state index in [4.69, 9.17) is 4.74 Å². The highest BCUT2D eigenvalue weighted by atomic mass is 16.5. The maximum absolute atomic E-state index is 12.5. The molecule has 0 aliphatic heterocycles. The summed E-state index contributed by atoms with van der Waals surface area (Å²) in [5.41, 5.74) is 0. The van der Waals surface area contributed by atoms with Crippen molar-refractivity contribution >= 4 is 11.9 Å². The second kappa shape index (κ2) is 51.7. The summed E-state index contributed by atoms with van der Waals surface area (Å²) < 4.78 is 5.42. The molecule has 0 aromatic carbocycles. The van der Waals surface area contributed by atoms with Crippen LogP contribution in [0.1, 0.15) is 284 Å². The standard InChI is InChI=1S/C56H105NO5/c1-3-5-7-9-11-13-15-16-17-19-22-25-29-32-36-40-44-48-54(59)53(52-58)57-55(60)49-45-41-37-33-30-26-23-20-18-21-24-27-31-35-39-43-47-51-62-56(61)50-46-42-38-34-28-14-12-10-8-6-4-2/h10,12,18,21,27,31,53-54,58-59H,3-9,11,13-17,19-20,22-26,28-30,32-52H2,1-2H3,(H,57,60)/b12-10-,21-18-,31-27-. The third kappa shape index (κ3) is 47.6. The van der Waals surface area contributed by atoms with Gasteiger partial charge in [-0.1, -0.05) is 224 Å². The van der Waals surface area contributed by atoms with Gasteiger partial charge >= 0.3 is 5.97 Å². The fourth-order valence-electron chi connectivity index (χ4n) is 8.18. The molecule has 62 heavy (non-hydrogen) atoms. The van der Waals surface area contributed by atoms with Crippen molar-refractivity contribution in [3.63, 3.8) is 0 Å². The maximum Gasteiger partial charge on any atom is 0.305 e. The molecule has 0 rings (SSSR count). The van der Waals surface area contributed by atoms with Crippen LogP contribution in [0.25, 0.3) is 0 Å². The summed E-state index contributed by atoms with van der Waals surface area (Å²) in [4.78, 5) is 24.4. The predicted octanol–water partition coefficient (Wildman–Crippen LogP) is 16.5. The van der Waals surface area contributed by atoms with Crippen molar-refractivity contribution in [1.29, 1.82) is 0 Å². The Kier molecular flexibility index (Phi) is 50.1. The number of aliphatic hydroxyl groups excluding tert-OH is 2. The monoisotopic (exact) mass is 872 g/mol. The van der Waals surface area contributed by atoms with Crippen LogP contribution < -0.4 is 5.32 Å². The summed E-state index contributed by atoms with van der Waals surface area (Å²) in [6.45, 7) is 4.87. The third-order valence-electron chi connectivity index (χ3n) is 12.4. The SMILES string of the molecule is CCCC/C=C\CCCCCCCC(=O)OCCCCC/C=C\C/C=C\CCCCCCCCCC(=O)NC(CO)C(O)CCCCCCCCCCCCCCCCCCC. The molecule has 0 saturated heterocycles. The molecule has 0 fully saturated rings. The number of rotatable bonds is 50. The largest absolute Gasteiger partial charge is 0.466 e. The van der Waals surface area contributed by atoms with E-state index in [1.807, 2.05) is 0 Å². The lowest BCUT2D eigenvalue weighted by Crippen LogP contribution is -2.45. The van der Waals surface area contributed by atoms with E-state index >= 15 is 0 Å². The molecular formula is C56H105NO5. The van der Waals surface area contributed by atoms with Gasteiger partial charge in [-0.2, -0.15) is 0 Å². The quantitative estimate of drug-likeness (QED) is 0.0321. The Morgan fingerprint density at radius 3 is 1.29 bits per heavy atom. The van der Waals surface area contributed by atoms with Gasteiger partial charge in [-0.25, -0.2) is 0 Å². The molecule has 1 amide bonds. The minimum atomic E-state index is -0.675. The number of hydrogen-bond acceptors (Lipinski definition) is 5. The number of allylic oxidation sites excluding steroid dienone is 6. The van der Waals surface area contributed by atoms with E-state index in [0.717, 1.165) is 83.5 Å². The van der Waals surface area contributed by atoms with E-state index < -0.39 is 12.1 Å².